The van der Waals surface area contributed by atoms with E-state index in [1.807, 2.05) is 19.9 Å². The van der Waals surface area contributed by atoms with Gasteiger partial charge < -0.3 is 10.1 Å². The molecule has 0 aliphatic carbocycles. The van der Waals surface area contributed by atoms with Crippen molar-refractivity contribution in [1.29, 1.82) is 5.26 Å². The van der Waals surface area contributed by atoms with E-state index in [2.05, 4.69) is 10.4 Å². The molecule has 1 heterocycles. The van der Waals surface area contributed by atoms with Gasteiger partial charge in [-0.3, -0.25) is 9.48 Å². The Morgan fingerprint density at radius 3 is 2.64 bits per heavy atom. The average molecular weight is 421 g/mol. The number of aryl methyl sites for hydroxylation is 1. The zero-order chi connectivity index (χ0) is 20.7. The molecule has 1 aromatic heterocycles. The summed E-state index contributed by atoms with van der Waals surface area (Å²) in [5.74, 6) is -0.417. The summed E-state index contributed by atoms with van der Waals surface area (Å²) in [6.45, 7) is 5.08. The van der Waals surface area contributed by atoms with Gasteiger partial charge in [0.1, 0.15) is 11.6 Å². The fourth-order valence-electron chi connectivity index (χ4n) is 2.71. The molecule has 0 saturated carbocycles. The third-order valence-electron chi connectivity index (χ3n) is 4.27. The Hall–Kier alpha value is -2.33. The molecule has 0 aliphatic rings. The fourth-order valence-corrected chi connectivity index (χ4v) is 3.23. The number of carbonyl (C=O) groups is 1. The van der Waals surface area contributed by atoms with E-state index in [1.54, 1.807) is 36.1 Å². The Morgan fingerprint density at radius 1 is 1.36 bits per heavy atom. The van der Waals surface area contributed by atoms with E-state index < -0.39 is 5.91 Å². The van der Waals surface area contributed by atoms with Crippen molar-refractivity contribution >= 4 is 35.2 Å². The smallest absolute Gasteiger partial charge is 0.261 e. The fraction of sp³-hybridized carbons (Fsp3) is 0.350. The van der Waals surface area contributed by atoms with Crippen molar-refractivity contribution in [3.8, 4) is 6.07 Å². The average Bonchev–Trinajstić information content (AvgIpc) is 2.93. The van der Waals surface area contributed by atoms with Crippen LogP contribution in [-0.4, -0.2) is 35.9 Å². The van der Waals surface area contributed by atoms with Crippen molar-refractivity contribution in [2.75, 3.05) is 20.3 Å². The summed E-state index contributed by atoms with van der Waals surface area (Å²) in [6.07, 6.45) is 2.24. The van der Waals surface area contributed by atoms with Gasteiger partial charge in [-0.05, 0) is 38.5 Å². The lowest BCUT2D eigenvalue weighted by atomic mass is 10.1. The van der Waals surface area contributed by atoms with Crippen LogP contribution in [0.25, 0.3) is 6.08 Å². The van der Waals surface area contributed by atoms with Crippen LogP contribution in [0.2, 0.25) is 10.0 Å². The lowest BCUT2D eigenvalue weighted by molar-refractivity contribution is -0.117. The van der Waals surface area contributed by atoms with Gasteiger partial charge in [-0.1, -0.05) is 29.3 Å². The molecule has 28 heavy (non-hydrogen) atoms. The van der Waals surface area contributed by atoms with E-state index in [0.29, 0.717) is 41.9 Å². The van der Waals surface area contributed by atoms with Crippen molar-refractivity contribution in [2.45, 2.75) is 26.8 Å². The molecule has 148 valence electrons. The second-order valence-corrected chi connectivity index (χ2v) is 7.03. The molecule has 8 heteroatoms. The van der Waals surface area contributed by atoms with Gasteiger partial charge in [-0.25, -0.2) is 0 Å². The molecule has 1 amide bonds. The molecule has 0 bridgehead atoms. The number of ether oxygens (including phenoxy) is 1. The summed E-state index contributed by atoms with van der Waals surface area (Å²) in [5.41, 5.74) is 3.04. The highest BCUT2D eigenvalue weighted by molar-refractivity contribution is 6.35. The van der Waals surface area contributed by atoms with E-state index in [4.69, 9.17) is 27.9 Å². The number of hydrogen-bond acceptors (Lipinski definition) is 4. The summed E-state index contributed by atoms with van der Waals surface area (Å²) < 4.78 is 6.71. The highest BCUT2D eigenvalue weighted by Gasteiger charge is 2.16. The number of benzene rings is 1. The molecule has 2 rings (SSSR count). The minimum atomic E-state index is -0.417. The number of rotatable bonds is 8. The van der Waals surface area contributed by atoms with Gasteiger partial charge in [0, 0.05) is 47.1 Å². The molecule has 0 saturated heterocycles. The number of carbonyl (C=O) groups excluding carboxylic acids is 1. The van der Waals surface area contributed by atoms with Crippen LogP contribution in [0.3, 0.4) is 0 Å². The Kier molecular flexibility index (Phi) is 8.06. The number of nitriles is 1. The zero-order valence-corrected chi connectivity index (χ0v) is 17.6. The summed E-state index contributed by atoms with van der Waals surface area (Å²) in [6, 6.07) is 7.30. The number of nitrogens with one attached hydrogen (secondary N) is 1. The molecular formula is C20H22Cl2N4O2. The van der Waals surface area contributed by atoms with E-state index in [9.17, 15) is 10.1 Å². The van der Waals surface area contributed by atoms with Crippen LogP contribution >= 0.6 is 23.2 Å². The van der Waals surface area contributed by atoms with Gasteiger partial charge in [-0.15, -0.1) is 0 Å². The first-order chi connectivity index (χ1) is 13.4. The number of hydrogen-bond donors (Lipinski definition) is 1. The zero-order valence-electron chi connectivity index (χ0n) is 16.1. The van der Waals surface area contributed by atoms with Gasteiger partial charge in [0.25, 0.3) is 5.91 Å². The third kappa shape index (κ3) is 5.35. The van der Waals surface area contributed by atoms with Gasteiger partial charge in [0.05, 0.1) is 12.2 Å². The first-order valence-corrected chi connectivity index (χ1v) is 9.50. The molecule has 0 spiro atoms. The summed E-state index contributed by atoms with van der Waals surface area (Å²) in [7, 11) is 1.60. The minimum absolute atomic E-state index is 0.0268. The highest BCUT2D eigenvalue weighted by atomic mass is 35.5. The predicted molar refractivity (Wildman–Crippen MR) is 110 cm³/mol. The second kappa shape index (κ2) is 10.3. The van der Waals surface area contributed by atoms with Gasteiger partial charge in [-0.2, -0.15) is 10.4 Å². The maximum absolute atomic E-state index is 12.2. The molecule has 0 atom stereocenters. The van der Waals surface area contributed by atoms with Crippen molar-refractivity contribution < 1.29 is 9.53 Å². The van der Waals surface area contributed by atoms with Crippen LogP contribution in [0.15, 0.2) is 23.8 Å². The van der Waals surface area contributed by atoms with Crippen LogP contribution in [0, 0.1) is 25.2 Å². The second-order valence-electron chi connectivity index (χ2n) is 6.21. The maximum atomic E-state index is 12.2. The normalized spacial score (nSPS) is 11.4. The molecular weight excluding hydrogens is 399 g/mol. The minimum Gasteiger partial charge on any atom is -0.385 e. The monoisotopic (exact) mass is 420 g/mol. The molecule has 0 radical (unpaired) electrons. The van der Waals surface area contributed by atoms with E-state index in [-0.39, 0.29) is 5.57 Å². The van der Waals surface area contributed by atoms with E-state index in [1.165, 1.54) is 0 Å². The van der Waals surface area contributed by atoms with Gasteiger partial charge in [0.2, 0.25) is 0 Å². The molecule has 0 fully saturated rings. The lowest BCUT2D eigenvalue weighted by Crippen LogP contribution is -2.26. The standard InChI is InChI=1S/C20H22Cl2N4O2/c1-13-16(10-15(11-23)20(27)24-8-5-9-28-3)14(2)26(25-13)12-17-18(21)6-4-7-19(17)22/h4,6-7,10H,5,8-9,12H2,1-3H3,(H,24,27)/b15-10+. The molecule has 2 aromatic rings. The number of halogens is 2. The number of aromatic nitrogens is 2. The van der Waals surface area contributed by atoms with E-state index >= 15 is 0 Å². The van der Waals surface area contributed by atoms with Crippen molar-refractivity contribution in [1.82, 2.24) is 15.1 Å². The number of amides is 1. The lowest BCUT2D eigenvalue weighted by Gasteiger charge is -2.09. The number of nitrogens with zero attached hydrogens (tertiary/aromatic N) is 3. The van der Waals surface area contributed by atoms with Crippen molar-refractivity contribution in [3.05, 3.63) is 56.3 Å². The Bertz CT molecular complexity index is 909. The quantitative estimate of drug-likeness (QED) is 0.398. The van der Waals surface area contributed by atoms with Crippen LogP contribution in [0.5, 0.6) is 0 Å². The van der Waals surface area contributed by atoms with Crippen LogP contribution < -0.4 is 5.32 Å². The van der Waals surface area contributed by atoms with Crippen molar-refractivity contribution in [3.63, 3.8) is 0 Å². The molecule has 0 aliphatic heterocycles. The number of methoxy groups -OCH3 is 1. The SMILES string of the molecule is COCCCNC(=O)/C(C#N)=C/c1c(C)nn(Cc2c(Cl)cccc2Cl)c1C. The predicted octanol–water partition coefficient (Wildman–Crippen LogP) is 3.91. The Morgan fingerprint density at radius 2 is 2.04 bits per heavy atom. The molecule has 0 unspecified atom stereocenters. The third-order valence-corrected chi connectivity index (χ3v) is 4.98. The summed E-state index contributed by atoms with van der Waals surface area (Å²) in [4.78, 5) is 12.2. The molecule has 6 nitrogen and oxygen atoms in total. The van der Waals surface area contributed by atoms with Crippen molar-refractivity contribution in [2.24, 2.45) is 0 Å². The summed E-state index contributed by atoms with van der Waals surface area (Å²) >= 11 is 12.5. The Labute approximate surface area is 174 Å². The molecule has 1 N–H and O–H groups in total. The van der Waals surface area contributed by atoms with Crippen LogP contribution in [0.1, 0.15) is 28.9 Å². The topological polar surface area (TPSA) is 79.9 Å². The van der Waals surface area contributed by atoms with Gasteiger partial charge in [0.15, 0.2) is 0 Å². The molecule has 1 aromatic carbocycles. The maximum Gasteiger partial charge on any atom is 0.261 e. The van der Waals surface area contributed by atoms with Gasteiger partial charge >= 0.3 is 0 Å². The first kappa shape index (κ1) is 22.0. The van der Waals surface area contributed by atoms with E-state index in [0.717, 1.165) is 16.8 Å². The first-order valence-electron chi connectivity index (χ1n) is 8.74. The van der Waals surface area contributed by atoms with Crippen LogP contribution in [-0.2, 0) is 16.1 Å². The largest absolute Gasteiger partial charge is 0.385 e. The Balaban J connectivity index is 2.25. The summed E-state index contributed by atoms with van der Waals surface area (Å²) in [5, 5.41) is 17.7. The van der Waals surface area contributed by atoms with Crippen LogP contribution in [0.4, 0.5) is 0 Å². The highest BCUT2D eigenvalue weighted by Crippen LogP contribution is 2.26.